The topological polar surface area (TPSA) is 42.4 Å². The first-order chi connectivity index (χ1) is 14.6. The molecule has 0 saturated carbocycles. The van der Waals surface area contributed by atoms with Gasteiger partial charge >= 0.3 is 0 Å². The second-order valence-corrected chi connectivity index (χ2v) is 8.64. The molecule has 30 heavy (non-hydrogen) atoms. The van der Waals surface area contributed by atoms with Crippen LogP contribution in [0.25, 0.3) is 6.08 Å². The van der Waals surface area contributed by atoms with Gasteiger partial charge in [-0.15, -0.1) is 11.3 Å². The van der Waals surface area contributed by atoms with Gasteiger partial charge in [-0.2, -0.15) is 0 Å². The molecule has 0 fully saturated rings. The van der Waals surface area contributed by atoms with Gasteiger partial charge in [-0.25, -0.2) is 4.98 Å². The number of carbonyl (C=O) groups is 1. The molecule has 1 heterocycles. The van der Waals surface area contributed by atoms with Gasteiger partial charge in [0.2, 0.25) is 5.91 Å². The van der Waals surface area contributed by atoms with Gasteiger partial charge in [0.1, 0.15) is 12.4 Å². The van der Waals surface area contributed by atoms with E-state index in [4.69, 9.17) is 4.74 Å². The van der Waals surface area contributed by atoms with Gasteiger partial charge in [-0.1, -0.05) is 42.5 Å². The summed E-state index contributed by atoms with van der Waals surface area (Å²) in [6, 6.07) is 16.4. The Morgan fingerprint density at radius 2 is 2.03 bits per heavy atom. The second kappa shape index (κ2) is 9.26. The van der Waals surface area contributed by atoms with E-state index in [9.17, 15) is 4.79 Å². The summed E-state index contributed by atoms with van der Waals surface area (Å²) in [7, 11) is 1.90. The normalized spacial score (nSPS) is 15.7. The quantitative estimate of drug-likeness (QED) is 0.491. The van der Waals surface area contributed by atoms with Gasteiger partial charge in [0, 0.05) is 24.1 Å². The molecule has 4 nitrogen and oxygen atoms in total. The van der Waals surface area contributed by atoms with Crippen LogP contribution in [-0.4, -0.2) is 22.8 Å². The van der Waals surface area contributed by atoms with Crippen LogP contribution >= 0.6 is 11.3 Å². The number of hydrogen-bond donors (Lipinski definition) is 0. The number of para-hydroxylation sites is 1. The van der Waals surface area contributed by atoms with Crippen molar-refractivity contribution in [2.75, 3.05) is 7.05 Å². The molecule has 1 aliphatic rings. The van der Waals surface area contributed by atoms with Crippen LogP contribution in [0.5, 0.6) is 5.75 Å². The molecule has 3 aromatic rings. The Morgan fingerprint density at radius 3 is 2.87 bits per heavy atom. The predicted octanol–water partition coefficient (Wildman–Crippen LogP) is 5.58. The van der Waals surface area contributed by atoms with E-state index < -0.39 is 0 Å². The monoisotopic (exact) mass is 418 g/mol. The van der Waals surface area contributed by atoms with Crippen molar-refractivity contribution in [3.8, 4) is 5.75 Å². The molecule has 5 heteroatoms. The van der Waals surface area contributed by atoms with Crippen molar-refractivity contribution in [2.45, 2.75) is 38.8 Å². The van der Waals surface area contributed by atoms with E-state index in [1.807, 2.05) is 54.6 Å². The molecule has 0 aliphatic heterocycles. The highest BCUT2D eigenvalue weighted by Crippen LogP contribution is 2.33. The third-order valence-corrected chi connectivity index (χ3v) is 6.34. The summed E-state index contributed by atoms with van der Waals surface area (Å²) in [6.45, 7) is 2.40. The molecular formula is C25H26N2O2S. The van der Waals surface area contributed by atoms with Crippen LogP contribution in [0.1, 0.15) is 46.3 Å². The summed E-state index contributed by atoms with van der Waals surface area (Å²) >= 11 is 1.61. The summed E-state index contributed by atoms with van der Waals surface area (Å²) in [5, 5.41) is 3.04. The highest BCUT2D eigenvalue weighted by molar-refractivity contribution is 7.09. The molecule has 1 aliphatic carbocycles. The van der Waals surface area contributed by atoms with E-state index >= 15 is 0 Å². The van der Waals surface area contributed by atoms with Crippen molar-refractivity contribution < 1.29 is 9.53 Å². The van der Waals surface area contributed by atoms with E-state index in [-0.39, 0.29) is 11.9 Å². The number of likely N-dealkylation sites (N-methyl/N-ethyl adjacent to an activating group) is 1. The number of amides is 1. The third-order valence-electron chi connectivity index (χ3n) is 5.52. The van der Waals surface area contributed by atoms with Crippen LogP contribution in [0, 0.1) is 6.92 Å². The highest BCUT2D eigenvalue weighted by atomic mass is 32.1. The molecule has 0 bridgehead atoms. The fraction of sp³-hybridized carbons (Fsp3) is 0.280. The van der Waals surface area contributed by atoms with Crippen molar-refractivity contribution in [1.82, 2.24) is 9.88 Å². The van der Waals surface area contributed by atoms with Gasteiger partial charge in [0.25, 0.3) is 0 Å². The lowest BCUT2D eigenvalue weighted by Crippen LogP contribution is -2.32. The van der Waals surface area contributed by atoms with Gasteiger partial charge in [0.15, 0.2) is 0 Å². The number of ether oxygens (including phenoxy) is 1. The van der Waals surface area contributed by atoms with Crippen molar-refractivity contribution >= 4 is 23.3 Å². The summed E-state index contributed by atoms with van der Waals surface area (Å²) in [6.07, 6.45) is 6.69. The number of fused-ring (bicyclic) bond motifs is 1. The van der Waals surface area contributed by atoms with Gasteiger partial charge in [-0.3, -0.25) is 4.79 Å². The van der Waals surface area contributed by atoms with Crippen LogP contribution in [-0.2, 0) is 17.8 Å². The molecule has 1 aromatic heterocycles. The van der Waals surface area contributed by atoms with Crippen LogP contribution in [0.2, 0.25) is 0 Å². The van der Waals surface area contributed by atoms with Crippen LogP contribution in [0.15, 0.2) is 60.0 Å². The Kier molecular flexibility index (Phi) is 6.29. The SMILES string of the molecule is Cc1nc(COc2ccccc2/C=C/C(=O)N(C)C2CCCc3ccccc32)cs1. The molecule has 0 N–H and O–H groups in total. The van der Waals surface area contributed by atoms with Crippen molar-refractivity contribution in [3.05, 3.63) is 87.4 Å². The van der Waals surface area contributed by atoms with Crippen molar-refractivity contribution in [2.24, 2.45) is 0 Å². The lowest BCUT2D eigenvalue weighted by atomic mass is 9.87. The van der Waals surface area contributed by atoms with Crippen molar-refractivity contribution in [1.29, 1.82) is 0 Å². The lowest BCUT2D eigenvalue weighted by molar-refractivity contribution is -0.127. The average molecular weight is 419 g/mol. The molecule has 0 spiro atoms. The van der Waals surface area contributed by atoms with E-state index in [0.29, 0.717) is 6.61 Å². The summed E-state index contributed by atoms with van der Waals surface area (Å²) in [5.74, 6) is 0.750. The number of nitrogens with zero attached hydrogens (tertiary/aromatic N) is 2. The van der Waals surface area contributed by atoms with Gasteiger partial charge in [0.05, 0.1) is 16.7 Å². The van der Waals surface area contributed by atoms with Gasteiger partial charge in [-0.05, 0) is 49.5 Å². The maximum Gasteiger partial charge on any atom is 0.246 e. The molecule has 4 rings (SSSR count). The van der Waals surface area contributed by atoms with Crippen LogP contribution < -0.4 is 4.74 Å². The maximum absolute atomic E-state index is 12.9. The Bertz CT molecular complexity index is 1060. The zero-order valence-electron chi connectivity index (χ0n) is 17.4. The van der Waals surface area contributed by atoms with E-state index in [0.717, 1.165) is 41.3 Å². The number of thiazole rings is 1. The third kappa shape index (κ3) is 4.62. The zero-order chi connectivity index (χ0) is 20.9. The summed E-state index contributed by atoms with van der Waals surface area (Å²) in [4.78, 5) is 19.2. The molecular weight excluding hydrogens is 392 g/mol. The van der Waals surface area contributed by atoms with E-state index in [2.05, 4.69) is 29.2 Å². The Labute approximate surface area is 181 Å². The Morgan fingerprint density at radius 1 is 1.23 bits per heavy atom. The minimum absolute atomic E-state index is 0.00151. The number of carbonyl (C=O) groups excluding carboxylic acids is 1. The minimum atomic E-state index is 0.00151. The smallest absolute Gasteiger partial charge is 0.246 e. The van der Waals surface area contributed by atoms with Gasteiger partial charge < -0.3 is 9.64 Å². The molecule has 0 radical (unpaired) electrons. The second-order valence-electron chi connectivity index (χ2n) is 7.57. The maximum atomic E-state index is 12.9. The average Bonchev–Trinajstić information content (AvgIpc) is 3.20. The largest absolute Gasteiger partial charge is 0.487 e. The van der Waals surface area contributed by atoms with E-state index in [1.165, 1.54) is 11.1 Å². The molecule has 2 aromatic carbocycles. The lowest BCUT2D eigenvalue weighted by Gasteiger charge is -2.32. The number of aromatic nitrogens is 1. The standard InChI is InChI=1S/C25H26N2O2S/c1-18-26-21(17-30-18)16-29-24-13-6-4-9-20(24)14-15-25(28)27(2)23-12-7-10-19-8-3-5-11-22(19)23/h3-6,8-9,11,13-15,17,23H,7,10,12,16H2,1-2H3/b15-14+. The van der Waals surface area contributed by atoms with Crippen LogP contribution in [0.3, 0.4) is 0 Å². The number of aryl methyl sites for hydroxylation is 2. The molecule has 154 valence electrons. The summed E-state index contributed by atoms with van der Waals surface area (Å²) < 4.78 is 5.96. The first-order valence-corrected chi connectivity index (χ1v) is 11.2. The van der Waals surface area contributed by atoms with Crippen molar-refractivity contribution in [3.63, 3.8) is 0 Å². The molecule has 1 amide bonds. The first-order valence-electron chi connectivity index (χ1n) is 10.3. The fourth-order valence-corrected chi connectivity index (χ4v) is 4.54. The van der Waals surface area contributed by atoms with E-state index in [1.54, 1.807) is 17.4 Å². The predicted molar refractivity (Wildman–Crippen MR) is 122 cm³/mol. The van der Waals surface area contributed by atoms with Crippen LogP contribution in [0.4, 0.5) is 0 Å². The zero-order valence-corrected chi connectivity index (χ0v) is 18.2. The minimum Gasteiger partial charge on any atom is -0.487 e. The first kappa shape index (κ1) is 20.4. The number of benzene rings is 2. The number of hydrogen-bond acceptors (Lipinski definition) is 4. The number of rotatable bonds is 6. The summed E-state index contributed by atoms with van der Waals surface area (Å²) in [5.41, 5.74) is 4.43. The molecule has 0 saturated heterocycles. The fourth-order valence-electron chi connectivity index (χ4n) is 3.94. The Balaban J connectivity index is 1.45. The Hall–Kier alpha value is -2.92. The highest BCUT2D eigenvalue weighted by Gasteiger charge is 2.25. The molecule has 1 atom stereocenters. The molecule has 1 unspecified atom stereocenters.